The molecule has 0 unspecified atom stereocenters. The molecular weight excluding hydrogens is 400 g/mol. The van der Waals surface area contributed by atoms with Gasteiger partial charge in [-0.05, 0) is 65.4 Å². The SMILES string of the molecule is CCN1C(=O)C(=C2C=CC=CN2C)SC1=Nc1sc2cc(Cl)ccc2[n+]1C. The Morgan fingerprint density at radius 1 is 1.30 bits per heavy atom. The average molecular weight is 418 g/mol. The molecule has 1 amide bonds. The molecule has 0 atom stereocenters. The molecule has 138 valence electrons. The minimum absolute atomic E-state index is 0.00476. The Bertz CT molecular complexity index is 1070. The van der Waals surface area contributed by atoms with Crippen molar-refractivity contribution in [1.29, 1.82) is 0 Å². The quantitative estimate of drug-likeness (QED) is 0.543. The van der Waals surface area contributed by atoms with Gasteiger partial charge in [0.15, 0.2) is 0 Å². The topological polar surface area (TPSA) is 39.8 Å². The van der Waals surface area contributed by atoms with Gasteiger partial charge in [0.1, 0.15) is 10.4 Å². The maximum Gasteiger partial charge on any atom is 0.385 e. The zero-order valence-electron chi connectivity index (χ0n) is 15.1. The van der Waals surface area contributed by atoms with Crippen molar-refractivity contribution in [1.82, 2.24) is 9.80 Å². The van der Waals surface area contributed by atoms with Crippen LogP contribution in [0.5, 0.6) is 0 Å². The Balaban J connectivity index is 1.78. The van der Waals surface area contributed by atoms with Gasteiger partial charge in [0.25, 0.3) is 11.1 Å². The number of allylic oxidation sites excluding steroid dienone is 3. The Kier molecular flexibility index (Phi) is 4.84. The van der Waals surface area contributed by atoms with E-state index in [1.807, 2.05) is 73.1 Å². The Hall–Kier alpha value is -2.09. The Labute approximate surface area is 170 Å². The molecule has 27 heavy (non-hydrogen) atoms. The van der Waals surface area contributed by atoms with E-state index in [0.29, 0.717) is 21.6 Å². The van der Waals surface area contributed by atoms with Gasteiger partial charge >= 0.3 is 5.13 Å². The van der Waals surface area contributed by atoms with Gasteiger partial charge in [-0.1, -0.05) is 17.7 Å². The van der Waals surface area contributed by atoms with Crippen LogP contribution in [0.15, 0.2) is 58.2 Å². The summed E-state index contributed by atoms with van der Waals surface area (Å²) in [4.78, 5) is 22.2. The summed E-state index contributed by atoms with van der Waals surface area (Å²) >= 11 is 9.10. The lowest BCUT2D eigenvalue weighted by atomic mass is 10.2. The van der Waals surface area contributed by atoms with Crippen molar-refractivity contribution in [3.8, 4) is 0 Å². The summed E-state index contributed by atoms with van der Waals surface area (Å²) in [7, 11) is 3.92. The highest BCUT2D eigenvalue weighted by Crippen LogP contribution is 2.37. The van der Waals surface area contributed by atoms with Crippen LogP contribution >= 0.6 is 34.7 Å². The molecule has 2 aromatic rings. The number of likely N-dealkylation sites (N-methyl/N-ethyl adjacent to an activating group) is 2. The third-order valence-electron chi connectivity index (χ3n) is 4.43. The van der Waals surface area contributed by atoms with Gasteiger partial charge < -0.3 is 4.90 Å². The molecule has 2 aliphatic heterocycles. The first-order valence-electron chi connectivity index (χ1n) is 8.48. The number of aliphatic imine (C=N–C) groups is 1. The van der Waals surface area contributed by atoms with Crippen LogP contribution in [0.25, 0.3) is 10.2 Å². The van der Waals surface area contributed by atoms with E-state index in [1.165, 1.54) is 11.8 Å². The molecule has 0 N–H and O–H groups in total. The lowest BCUT2D eigenvalue weighted by Crippen LogP contribution is -2.31. The second-order valence-electron chi connectivity index (χ2n) is 6.13. The molecule has 3 heterocycles. The predicted molar refractivity (Wildman–Crippen MR) is 113 cm³/mol. The number of thioether (sulfide) groups is 1. The summed E-state index contributed by atoms with van der Waals surface area (Å²) in [5.74, 6) is -0.00476. The molecule has 0 aliphatic carbocycles. The summed E-state index contributed by atoms with van der Waals surface area (Å²) in [5, 5.41) is 2.24. The van der Waals surface area contributed by atoms with Crippen LogP contribution < -0.4 is 4.57 Å². The van der Waals surface area contributed by atoms with E-state index in [-0.39, 0.29) is 5.91 Å². The summed E-state index contributed by atoms with van der Waals surface area (Å²) < 4.78 is 3.10. The number of halogens is 1. The number of thiazole rings is 1. The fourth-order valence-electron chi connectivity index (χ4n) is 2.98. The van der Waals surface area contributed by atoms with Crippen LogP contribution in [0, 0.1) is 0 Å². The fraction of sp³-hybridized carbons (Fsp3) is 0.211. The number of carbonyl (C=O) groups excluding carboxylic acids is 1. The zero-order valence-corrected chi connectivity index (χ0v) is 17.5. The second-order valence-corrected chi connectivity index (χ2v) is 8.55. The summed E-state index contributed by atoms with van der Waals surface area (Å²) in [6.45, 7) is 2.54. The third kappa shape index (κ3) is 3.20. The number of carbonyl (C=O) groups is 1. The maximum absolute atomic E-state index is 12.9. The first-order valence-corrected chi connectivity index (χ1v) is 10.5. The van der Waals surface area contributed by atoms with Crippen molar-refractivity contribution in [3.63, 3.8) is 0 Å². The molecule has 4 rings (SSSR count). The molecule has 1 aromatic carbocycles. The Morgan fingerprint density at radius 3 is 2.85 bits per heavy atom. The second kappa shape index (κ2) is 7.14. The molecule has 0 bridgehead atoms. The zero-order chi connectivity index (χ0) is 19.1. The van der Waals surface area contributed by atoms with Gasteiger partial charge in [-0.2, -0.15) is 0 Å². The molecule has 0 saturated carbocycles. The van der Waals surface area contributed by atoms with Gasteiger partial charge in [-0.15, -0.1) is 0 Å². The largest absolute Gasteiger partial charge is 0.385 e. The number of rotatable bonds is 2. The number of hydrogen-bond donors (Lipinski definition) is 0. The first kappa shape index (κ1) is 18.3. The number of benzene rings is 1. The molecule has 1 fully saturated rings. The third-order valence-corrected chi connectivity index (χ3v) is 6.84. The van der Waals surface area contributed by atoms with Crippen molar-refractivity contribution in [2.75, 3.05) is 13.6 Å². The standard InChI is InChI=1S/C19H18ClN4OS2/c1-4-24-17(25)16(14-7-5-6-10-22(14)2)27-19(24)21-18-23(3)13-9-8-12(20)11-15(13)26-18/h5-11H,4H2,1-3H3/q+1. The van der Waals surface area contributed by atoms with Crippen molar-refractivity contribution >= 4 is 61.1 Å². The van der Waals surface area contributed by atoms with Gasteiger partial charge in [-0.25, -0.2) is 4.57 Å². The molecule has 0 spiro atoms. The van der Waals surface area contributed by atoms with Crippen LogP contribution in [0.2, 0.25) is 5.02 Å². The molecule has 8 heteroatoms. The minimum atomic E-state index is -0.00476. The van der Waals surface area contributed by atoms with E-state index in [2.05, 4.69) is 0 Å². The van der Waals surface area contributed by atoms with E-state index in [1.54, 1.807) is 16.2 Å². The van der Waals surface area contributed by atoms with Crippen LogP contribution in [-0.2, 0) is 11.8 Å². The van der Waals surface area contributed by atoms with Gasteiger partial charge in [0.2, 0.25) is 0 Å². The van der Waals surface area contributed by atoms with E-state index < -0.39 is 0 Å². The van der Waals surface area contributed by atoms with Crippen LogP contribution in [0.4, 0.5) is 5.13 Å². The maximum atomic E-state index is 12.9. The normalized spacial score (nSPS) is 21.3. The summed E-state index contributed by atoms with van der Waals surface area (Å²) in [6.07, 6.45) is 7.79. The van der Waals surface area contributed by atoms with Crippen LogP contribution in [0.1, 0.15) is 6.92 Å². The molecule has 5 nitrogen and oxygen atoms in total. The smallest absolute Gasteiger partial charge is 0.350 e. The number of hydrogen-bond acceptors (Lipinski definition) is 5. The molecule has 2 aliphatic rings. The average Bonchev–Trinajstić information content (AvgIpc) is 3.12. The van der Waals surface area contributed by atoms with E-state index in [0.717, 1.165) is 21.0 Å². The predicted octanol–water partition coefficient (Wildman–Crippen LogP) is 4.19. The number of fused-ring (bicyclic) bond motifs is 1. The number of aryl methyl sites for hydroxylation is 1. The van der Waals surface area contributed by atoms with Crippen molar-refractivity contribution < 1.29 is 9.36 Å². The highest BCUT2D eigenvalue weighted by atomic mass is 35.5. The van der Waals surface area contributed by atoms with Gasteiger partial charge in [0, 0.05) is 24.8 Å². The number of amides is 1. The lowest BCUT2D eigenvalue weighted by molar-refractivity contribution is -0.627. The van der Waals surface area contributed by atoms with Crippen LogP contribution in [-0.4, -0.2) is 34.5 Å². The van der Waals surface area contributed by atoms with Crippen LogP contribution in [0.3, 0.4) is 0 Å². The van der Waals surface area contributed by atoms with Crippen molar-refractivity contribution in [3.05, 3.63) is 58.3 Å². The van der Waals surface area contributed by atoms with E-state index in [4.69, 9.17) is 16.6 Å². The molecular formula is C19H18ClN4OS2+. The Morgan fingerprint density at radius 2 is 2.11 bits per heavy atom. The monoisotopic (exact) mass is 417 g/mol. The van der Waals surface area contributed by atoms with Crippen molar-refractivity contribution in [2.24, 2.45) is 12.0 Å². The van der Waals surface area contributed by atoms with E-state index >= 15 is 0 Å². The summed E-state index contributed by atoms with van der Waals surface area (Å²) in [5.41, 5.74) is 1.96. The number of aromatic nitrogens is 1. The highest BCUT2D eigenvalue weighted by Gasteiger charge is 2.39. The molecule has 0 radical (unpaired) electrons. The minimum Gasteiger partial charge on any atom is -0.350 e. The fourth-order valence-corrected chi connectivity index (χ4v) is 5.48. The number of nitrogens with zero attached hydrogens (tertiary/aromatic N) is 4. The highest BCUT2D eigenvalue weighted by molar-refractivity contribution is 8.18. The van der Waals surface area contributed by atoms with Gasteiger partial charge in [0.05, 0.1) is 17.4 Å². The van der Waals surface area contributed by atoms with Crippen molar-refractivity contribution in [2.45, 2.75) is 6.92 Å². The first-order chi connectivity index (χ1) is 13.0. The van der Waals surface area contributed by atoms with Gasteiger partial charge in [-0.3, -0.25) is 9.69 Å². The lowest BCUT2D eigenvalue weighted by Gasteiger charge is -2.19. The molecule has 1 aromatic heterocycles. The van der Waals surface area contributed by atoms with E-state index in [9.17, 15) is 4.79 Å². The summed E-state index contributed by atoms with van der Waals surface area (Å²) in [6, 6.07) is 5.81. The number of amidine groups is 1. The molecule has 1 saturated heterocycles.